The molecule has 0 aromatic heterocycles. The number of carbonyl (C=O) groups excluding carboxylic acids is 1. The summed E-state index contributed by atoms with van der Waals surface area (Å²) in [5.41, 5.74) is 0. The Bertz CT molecular complexity index is 99.9. The molecule has 0 aliphatic heterocycles. The van der Waals surface area contributed by atoms with Gasteiger partial charge in [-0.05, 0) is 0 Å². The molecule has 0 aromatic rings. The Balaban J connectivity index is 3.82. The van der Waals surface area contributed by atoms with Crippen molar-refractivity contribution in [1.29, 1.82) is 0 Å². The lowest BCUT2D eigenvalue weighted by Gasteiger charge is -2.04. The lowest BCUT2D eigenvalue weighted by atomic mass is 10.4. The molecule has 1 amide bonds. The van der Waals surface area contributed by atoms with Gasteiger partial charge < -0.3 is 0 Å². The van der Waals surface area contributed by atoms with E-state index in [1.54, 1.807) is 0 Å². The van der Waals surface area contributed by atoms with Gasteiger partial charge in [0.25, 0.3) is 5.91 Å². The summed E-state index contributed by atoms with van der Waals surface area (Å²) in [5, 5.41) is 0. The van der Waals surface area contributed by atoms with Crippen LogP contribution in [0, 0.1) is 0 Å². The Labute approximate surface area is 50.8 Å². The van der Waals surface area contributed by atoms with Crippen LogP contribution in [0.3, 0.4) is 0 Å². The van der Waals surface area contributed by atoms with Crippen LogP contribution in [-0.2, 0) is 4.79 Å². The highest BCUT2D eigenvalue weighted by Crippen LogP contribution is 2.10. The lowest BCUT2D eigenvalue weighted by Crippen LogP contribution is -2.32. The Morgan fingerprint density at radius 3 is 2.12 bits per heavy atom. The molecule has 0 heterocycles. The summed E-state index contributed by atoms with van der Waals surface area (Å²) >= 11 is 3.13. The van der Waals surface area contributed by atoms with Crippen molar-refractivity contribution in [2.75, 3.05) is 0 Å². The molecule has 0 rings (SSSR count). The number of carbonyl (C=O) groups is 1. The van der Waals surface area contributed by atoms with Gasteiger partial charge in [0.2, 0.25) is 0 Å². The summed E-state index contributed by atoms with van der Waals surface area (Å²) in [6.07, 6.45) is 0. The molecule has 0 saturated heterocycles. The van der Waals surface area contributed by atoms with Crippen LogP contribution in [-0.4, -0.2) is 11.8 Å². The number of rotatable bonds is 1. The third-order valence-corrected chi connectivity index (χ3v) is 0.703. The second-order valence-electron chi connectivity index (χ2n) is 1.33. The molecule has 0 aromatic carbocycles. The number of halogens is 2. The van der Waals surface area contributed by atoms with Crippen LogP contribution < -0.4 is 4.72 Å². The molecule has 0 aliphatic carbocycles. The second-order valence-corrected chi connectivity index (χ2v) is 1.55. The van der Waals surface area contributed by atoms with Crippen LogP contribution >= 0.6 is 12.8 Å². The average Bonchev–Trinajstić information content (AvgIpc) is 1.62. The van der Waals surface area contributed by atoms with Gasteiger partial charge in [-0.3, -0.25) is 9.52 Å². The van der Waals surface area contributed by atoms with Gasteiger partial charge in [-0.2, -0.15) is 8.78 Å². The predicted octanol–water partition coefficient (Wildman–Crippen LogP) is 0.603. The molecule has 1 N–H and O–H groups in total. The molecule has 0 radical (unpaired) electrons. The van der Waals surface area contributed by atoms with Crippen molar-refractivity contribution in [2.45, 2.75) is 12.8 Å². The fourth-order valence-corrected chi connectivity index (χ4v) is 0.294. The van der Waals surface area contributed by atoms with Crippen LogP contribution in [0.5, 0.6) is 0 Å². The average molecular weight is 141 g/mol. The smallest absolute Gasteiger partial charge is 0.298 e. The molecule has 48 valence electrons. The number of amides is 1. The number of hydrogen-bond acceptors (Lipinski definition) is 2. The molecular formula is C3H5F2NOS. The second kappa shape index (κ2) is 2.30. The molecule has 0 atom stereocenters. The standard InChI is InChI=1S/C3H5F2NOS/c1-3(4,5)2(7)6-8/h8H,1H3,(H,6,7). The monoisotopic (exact) mass is 141 g/mol. The Morgan fingerprint density at radius 1 is 1.75 bits per heavy atom. The molecule has 0 unspecified atom stereocenters. The first-order valence-corrected chi connectivity index (χ1v) is 2.25. The van der Waals surface area contributed by atoms with E-state index in [9.17, 15) is 13.6 Å². The van der Waals surface area contributed by atoms with Crippen molar-refractivity contribution in [3.05, 3.63) is 0 Å². The summed E-state index contributed by atoms with van der Waals surface area (Å²) < 4.78 is 24.8. The van der Waals surface area contributed by atoms with Crippen LogP contribution in [0.2, 0.25) is 0 Å². The fourth-order valence-electron chi connectivity index (χ4n) is 0.0982. The fraction of sp³-hybridized carbons (Fsp3) is 0.667. The third kappa shape index (κ3) is 2.11. The number of thiol groups is 1. The van der Waals surface area contributed by atoms with E-state index in [0.717, 1.165) is 0 Å². The Hall–Kier alpha value is -0.320. The highest BCUT2D eigenvalue weighted by atomic mass is 32.1. The van der Waals surface area contributed by atoms with Crippen molar-refractivity contribution < 1.29 is 13.6 Å². The number of nitrogens with one attached hydrogen (secondary N) is 1. The summed E-state index contributed by atoms with van der Waals surface area (Å²) in [4.78, 5) is 9.90. The third-order valence-electron chi connectivity index (χ3n) is 0.500. The van der Waals surface area contributed by atoms with Gasteiger partial charge in [-0.15, -0.1) is 0 Å². The first-order valence-electron chi connectivity index (χ1n) is 1.81. The van der Waals surface area contributed by atoms with E-state index in [1.807, 2.05) is 0 Å². The normalized spacial score (nSPS) is 11.0. The van der Waals surface area contributed by atoms with Gasteiger partial charge in [0.15, 0.2) is 0 Å². The number of alkyl halides is 2. The topological polar surface area (TPSA) is 29.1 Å². The molecule has 0 fully saturated rings. The summed E-state index contributed by atoms with van der Waals surface area (Å²) in [7, 11) is 0. The van der Waals surface area contributed by atoms with Crippen molar-refractivity contribution >= 4 is 18.7 Å². The van der Waals surface area contributed by atoms with E-state index in [0.29, 0.717) is 6.92 Å². The molecule has 0 aliphatic rings. The maximum atomic E-state index is 11.7. The van der Waals surface area contributed by atoms with Crippen molar-refractivity contribution in [2.24, 2.45) is 0 Å². The SMILES string of the molecule is CC(F)(F)C(=O)NS. The van der Waals surface area contributed by atoms with Crippen molar-refractivity contribution in [3.63, 3.8) is 0 Å². The maximum absolute atomic E-state index is 11.7. The van der Waals surface area contributed by atoms with Gasteiger partial charge in [-0.25, -0.2) is 0 Å². The molecule has 0 saturated carbocycles. The lowest BCUT2D eigenvalue weighted by molar-refractivity contribution is -0.140. The van der Waals surface area contributed by atoms with Gasteiger partial charge in [0.05, 0.1) is 0 Å². The minimum atomic E-state index is -3.32. The van der Waals surface area contributed by atoms with E-state index < -0.39 is 11.8 Å². The summed E-state index contributed by atoms with van der Waals surface area (Å²) in [6.45, 7) is 0.499. The maximum Gasteiger partial charge on any atom is 0.322 e. The molecule has 5 heteroatoms. The van der Waals surface area contributed by atoms with Gasteiger partial charge >= 0.3 is 5.92 Å². The highest BCUT2D eigenvalue weighted by molar-refractivity contribution is 7.78. The van der Waals surface area contributed by atoms with E-state index in [1.165, 1.54) is 4.72 Å². The Morgan fingerprint density at radius 2 is 2.12 bits per heavy atom. The number of hydrogen-bond donors (Lipinski definition) is 2. The van der Waals surface area contributed by atoms with Crippen LogP contribution in [0.25, 0.3) is 0 Å². The molecule has 0 spiro atoms. The van der Waals surface area contributed by atoms with E-state index in [4.69, 9.17) is 0 Å². The zero-order chi connectivity index (χ0) is 6.78. The summed E-state index contributed by atoms with van der Waals surface area (Å²) in [6, 6.07) is 0. The van der Waals surface area contributed by atoms with Crippen LogP contribution in [0.15, 0.2) is 0 Å². The Kier molecular flexibility index (Phi) is 2.21. The van der Waals surface area contributed by atoms with Gasteiger partial charge in [0.1, 0.15) is 0 Å². The highest BCUT2D eigenvalue weighted by Gasteiger charge is 2.30. The van der Waals surface area contributed by atoms with Crippen molar-refractivity contribution in [3.8, 4) is 0 Å². The van der Waals surface area contributed by atoms with E-state index in [2.05, 4.69) is 12.8 Å². The molecule has 8 heavy (non-hydrogen) atoms. The van der Waals surface area contributed by atoms with Crippen LogP contribution in [0.4, 0.5) is 8.78 Å². The molecular weight excluding hydrogens is 136 g/mol. The van der Waals surface area contributed by atoms with Crippen LogP contribution in [0.1, 0.15) is 6.92 Å². The molecule has 0 bridgehead atoms. The minimum Gasteiger partial charge on any atom is -0.298 e. The zero-order valence-corrected chi connectivity index (χ0v) is 5.01. The first-order chi connectivity index (χ1) is 3.48. The largest absolute Gasteiger partial charge is 0.322 e. The quantitative estimate of drug-likeness (QED) is 0.514. The minimum absolute atomic E-state index is 0.499. The van der Waals surface area contributed by atoms with Gasteiger partial charge in [0, 0.05) is 6.92 Å². The predicted molar refractivity (Wildman–Crippen MR) is 27.7 cm³/mol. The van der Waals surface area contributed by atoms with Crippen molar-refractivity contribution in [1.82, 2.24) is 4.72 Å². The summed E-state index contributed by atoms with van der Waals surface area (Å²) in [5.74, 6) is -4.71. The van der Waals surface area contributed by atoms with E-state index in [-0.39, 0.29) is 0 Å². The van der Waals surface area contributed by atoms with E-state index >= 15 is 0 Å². The van der Waals surface area contributed by atoms with Gasteiger partial charge in [-0.1, -0.05) is 12.8 Å². The first kappa shape index (κ1) is 7.68. The molecule has 2 nitrogen and oxygen atoms in total. The zero-order valence-electron chi connectivity index (χ0n) is 4.11.